The van der Waals surface area contributed by atoms with Gasteiger partial charge >= 0.3 is 12.4 Å². The zero-order chi connectivity index (χ0) is 27.5. The normalized spacial score (nSPS) is 18.4. The summed E-state index contributed by atoms with van der Waals surface area (Å²) in [7, 11) is 0. The maximum absolute atomic E-state index is 13.4. The van der Waals surface area contributed by atoms with Crippen LogP contribution in [0.15, 0.2) is 72.8 Å². The number of carbonyl (C=O) groups is 1. The summed E-state index contributed by atoms with van der Waals surface area (Å²) < 4.78 is 80.4. The van der Waals surface area contributed by atoms with E-state index in [1.54, 1.807) is 6.07 Å². The Bertz CT molecular complexity index is 1230. The number of nitrogens with zero attached hydrogens (tertiary/aromatic N) is 1. The maximum Gasteiger partial charge on any atom is 0.416 e. The van der Waals surface area contributed by atoms with E-state index in [0.717, 1.165) is 11.1 Å². The zero-order valence-electron chi connectivity index (χ0n) is 20.1. The third-order valence-electron chi connectivity index (χ3n) is 6.61. The molecule has 3 aromatic carbocycles. The zero-order valence-corrected chi connectivity index (χ0v) is 20.9. The fraction of sp³-hybridized carbons (Fsp3) is 0.321. The van der Waals surface area contributed by atoms with E-state index < -0.39 is 41.0 Å². The Kier molecular flexibility index (Phi) is 8.37. The number of piperidine rings is 1. The van der Waals surface area contributed by atoms with Gasteiger partial charge in [-0.2, -0.15) is 26.3 Å². The minimum atomic E-state index is -5.03. The number of hydrogen-bond acceptors (Lipinski definition) is 2. The van der Waals surface area contributed by atoms with E-state index in [-0.39, 0.29) is 18.7 Å². The van der Waals surface area contributed by atoms with Crippen molar-refractivity contribution in [2.75, 3.05) is 6.54 Å². The highest BCUT2D eigenvalue weighted by Gasteiger charge is 2.39. The van der Waals surface area contributed by atoms with E-state index in [4.69, 9.17) is 11.6 Å². The first-order chi connectivity index (χ1) is 17.9. The highest BCUT2D eigenvalue weighted by Crippen LogP contribution is 2.37. The van der Waals surface area contributed by atoms with Gasteiger partial charge in [0.2, 0.25) is 0 Å². The molecule has 0 bridgehead atoms. The van der Waals surface area contributed by atoms with Crippen LogP contribution in [0.2, 0.25) is 5.02 Å². The Labute approximate surface area is 221 Å². The minimum absolute atomic E-state index is 0.0148. The van der Waals surface area contributed by atoms with Gasteiger partial charge in [0, 0.05) is 35.8 Å². The van der Waals surface area contributed by atoms with Gasteiger partial charge in [-0.05, 0) is 60.7 Å². The summed E-state index contributed by atoms with van der Waals surface area (Å²) in [4.78, 5) is 14.8. The molecule has 10 heteroatoms. The van der Waals surface area contributed by atoms with Crippen LogP contribution in [-0.2, 0) is 25.3 Å². The molecular formula is C28H25ClF6N2O. The third kappa shape index (κ3) is 7.08. The number of amides is 1. The van der Waals surface area contributed by atoms with Gasteiger partial charge in [0.05, 0.1) is 11.1 Å². The number of benzene rings is 3. The van der Waals surface area contributed by atoms with Crippen molar-refractivity contribution in [2.24, 2.45) is 0 Å². The number of hydrogen-bond donors (Lipinski definition) is 1. The van der Waals surface area contributed by atoms with Crippen LogP contribution in [0.3, 0.4) is 0 Å². The Balaban J connectivity index is 1.59. The number of rotatable bonds is 6. The molecule has 0 unspecified atom stereocenters. The molecule has 0 aliphatic carbocycles. The summed E-state index contributed by atoms with van der Waals surface area (Å²) in [6.07, 6.45) is -8.68. The lowest BCUT2D eigenvalue weighted by molar-refractivity contribution is -0.143. The number of halogens is 7. The number of likely N-dealkylation sites (tertiary alicyclic amines) is 1. The molecule has 1 heterocycles. The molecule has 0 spiro atoms. The number of nitrogens with one attached hydrogen (secondary N) is 1. The van der Waals surface area contributed by atoms with Crippen LogP contribution >= 0.6 is 11.6 Å². The second-order valence-electron chi connectivity index (χ2n) is 9.37. The maximum atomic E-state index is 13.4. The summed E-state index contributed by atoms with van der Waals surface area (Å²) in [5.74, 6) is -0.851. The fourth-order valence-electron chi connectivity index (χ4n) is 4.74. The highest BCUT2D eigenvalue weighted by molar-refractivity contribution is 6.30. The molecule has 0 radical (unpaired) electrons. The van der Waals surface area contributed by atoms with E-state index in [0.29, 0.717) is 43.0 Å². The predicted molar refractivity (Wildman–Crippen MR) is 133 cm³/mol. The van der Waals surface area contributed by atoms with E-state index in [9.17, 15) is 31.1 Å². The van der Waals surface area contributed by atoms with Crippen molar-refractivity contribution in [2.45, 2.75) is 50.2 Å². The SMILES string of the molecule is O=C(c1cc(C(F)(F)F)cc(C(F)(F)F)c1)N1CC[C@H](NCc2cccc(Cl)c2)C[C@@H]1Cc1ccccc1. The van der Waals surface area contributed by atoms with Gasteiger partial charge in [-0.3, -0.25) is 4.79 Å². The Hall–Kier alpha value is -3.04. The van der Waals surface area contributed by atoms with Crippen molar-refractivity contribution in [3.8, 4) is 0 Å². The van der Waals surface area contributed by atoms with Gasteiger partial charge in [0.15, 0.2) is 0 Å². The van der Waals surface area contributed by atoms with E-state index in [1.807, 2.05) is 48.5 Å². The van der Waals surface area contributed by atoms with Gasteiger partial charge in [0.1, 0.15) is 0 Å². The molecule has 38 heavy (non-hydrogen) atoms. The molecule has 3 aromatic rings. The largest absolute Gasteiger partial charge is 0.416 e. The standard InChI is InChI=1S/C28H25ClF6N2O/c29-23-8-4-7-19(11-23)17-36-24-9-10-37(25(16-24)12-18-5-2-1-3-6-18)26(38)20-13-21(27(30,31)32)15-22(14-20)28(33,34)35/h1-8,11,13-15,24-25,36H,9-10,12,16-17H2/t24-,25-/m0/s1. The molecule has 1 fully saturated rings. The quantitative estimate of drug-likeness (QED) is 0.322. The third-order valence-corrected chi connectivity index (χ3v) is 6.84. The van der Waals surface area contributed by atoms with Crippen molar-refractivity contribution < 1.29 is 31.1 Å². The smallest absolute Gasteiger partial charge is 0.335 e. The summed E-state index contributed by atoms with van der Waals surface area (Å²) in [5, 5.41) is 4.05. The van der Waals surface area contributed by atoms with Crippen molar-refractivity contribution in [3.63, 3.8) is 0 Å². The number of carbonyl (C=O) groups excluding carboxylic acids is 1. The van der Waals surface area contributed by atoms with Gasteiger partial charge < -0.3 is 10.2 Å². The van der Waals surface area contributed by atoms with Crippen LogP contribution in [0.5, 0.6) is 0 Å². The molecule has 202 valence electrons. The first kappa shape index (κ1) is 28.0. The van der Waals surface area contributed by atoms with Crippen LogP contribution in [0.25, 0.3) is 0 Å². The summed E-state index contributed by atoms with van der Waals surface area (Å²) in [6, 6.07) is 17.2. The van der Waals surface area contributed by atoms with Crippen LogP contribution in [0.1, 0.15) is 45.5 Å². The van der Waals surface area contributed by atoms with Crippen LogP contribution in [0, 0.1) is 0 Å². The lowest BCUT2D eigenvalue weighted by Crippen LogP contribution is -2.51. The monoisotopic (exact) mass is 554 g/mol. The van der Waals surface area contributed by atoms with Crippen molar-refractivity contribution in [1.82, 2.24) is 10.2 Å². The van der Waals surface area contributed by atoms with E-state index >= 15 is 0 Å². The molecule has 4 rings (SSSR count). The Morgan fingerprint density at radius 2 is 1.50 bits per heavy atom. The first-order valence-corrected chi connectivity index (χ1v) is 12.4. The van der Waals surface area contributed by atoms with Crippen molar-refractivity contribution in [3.05, 3.63) is 106 Å². The van der Waals surface area contributed by atoms with Gasteiger partial charge in [-0.25, -0.2) is 0 Å². The Morgan fingerprint density at radius 1 is 0.868 bits per heavy atom. The molecule has 0 aromatic heterocycles. The van der Waals surface area contributed by atoms with Gasteiger partial charge in [0.25, 0.3) is 5.91 Å². The second-order valence-corrected chi connectivity index (χ2v) is 9.81. The number of alkyl halides is 6. The first-order valence-electron chi connectivity index (χ1n) is 12.0. The molecule has 1 amide bonds. The summed E-state index contributed by atoms with van der Waals surface area (Å²) in [6.45, 7) is 0.709. The average Bonchev–Trinajstić information content (AvgIpc) is 2.86. The minimum Gasteiger partial charge on any atom is -0.335 e. The summed E-state index contributed by atoms with van der Waals surface area (Å²) in [5.41, 5.74) is -1.76. The fourth-order valence-corrected chi connectivity index (χ4v) is 4.95. The van der Waals surface area contributed by atoms with Crippen LogP contribution < -0.4 is 5.32 Å². The lowest BCUT2D eigenvalue weighted by atomic mass is 9.91. The van der Waals surface area contributed by atoms with E-state index in [2.05, 4.69) is 5.32 Å². The van der Waals surface area contributed by atoms with Gasteiger partial charge in [-0.1, -0.05) is 54.1 Å². The molecule has 1 N–H and O–H groups in total. The molecular weight excluding hydrogens is 530 g/mol. The van der Waals surface area contributed by atoms with Crippen LogP contribution in [0.4, 0.5) is 26.3 Å². The lowest BCUT2D eigenvalue weighted by Gasteiger charge is -2.40. The van der Waals surface area contributed by atoms with Gasteiger partial charge in [-0.15, -0.1) is 0 Å². The molecule has 2 atom stereocenters. The second kappa shape index (κ2) is 11.4. The van der Waals surface area contributed by atoms with Crippen LogP contribution in [-0.4, -0.2) is 29.4 Å². The molecule has 1 saturated heterocycles. The molecule has 1 aliphatic heterocycles. The van der Waals surface area contributed by atoms with Crippen molar-refractivity contribution in [1.29, 1.82) is 0 Å². The molecule has 1 aliphatic rings. The average molecular weight is 555 g/mol. The highest BCUT2D eigenvalue weighted by atomic mass is 35.5. The summed E-state index contributed by atoms with van der Waals surface area (Å²) >= 11 is 6.06. The molecule has 3 nitrogen and oxygen atoms in total. The molecule has 0 saturated carbocycles. The van der Waals surface area contributed by atoms with Crippen molar-refractivity contribution >= 4 is 17.5 Å². The Morgan fingerprint density at radius 3 is 2.11 bits per heavy atom. The predicted octanol–water partition coefficient (Wildman–Crippen LogP) is 7.38. The van der Waals surface area contributed by atoms with E-state index in [1.165, 1.54) is 4.90 Å². The topological polar surface area (TPSA) is 32.3 Å².